The Morgan fingerprint density at radius 2 is 1.71 bits per heavy atom. The van der Waals surface area contributed by atoms with Crippen LogP contribution < -0.4 is 10.6 Å². The Hall–Kier alpha value is -4.27. The van der Waals surface area contributed by atoms with Gasteiger partial charge in [-0.15, -0.1) is 0 Å². The maximum atomic E-state index is 13.3. The van der Waals surface area contributed by atoms with Gasteiger partial charge in [0.25, 0.3) is 0 Å². The van der Waals surface area contributed by atoms with Crippen molar-refractivity contribution in [3.05, 3.63) is 64.6 Å². The van der Waals surface area contributed by atoms with Gasteiger partial charge in [0.1, 0.15) is 5.82 Å². The van der Waals surface area contributed by atoms with Gasteiger partial charge in [-0.25, -0.2) is 9.78 Å². The predicted octanol–water partition coefficient (Wildman–Crippen LogP) is 3.24. The first-order valence-corrected chi connectivity index (χ1v) is 11.4. The van der Waals surface area contributed by atoms with Gasteiger partial charge in [0, 0.05) is 50.0 Å². The first-order valence-electron chi connectivity index (χ1n) is 11.4. The van der Waals surface area contributed by atoms with Crippen molar-refractivity contribution in [1.82, 2.24) is 28.9 Å². The van der Waals surface area contributed by atoms with E-state index in [0.717, 1.165) is 50.0 Å². The summed E-state index contributed by atoms with van der Waals surface area (Å²) in [5.41, 5.74) is 5.76. The molecule has 1 aromatic carbocycles. The number of likely N-dealkylation sites (N-methyl/N-ethyl adjacent to an activating group) is 1. The van der Waals surface area contributed by atoms with E-state index in [1.54, 1.807) is 45.2 Å². The molecule has 0 atom stereocenters. The number of rotatable bonds is 2. The molecule has 5 aromatic rings. The SMILES string of the molecule is Cc1nn(C)cc1-n1c(=O)n(C)c2cnc3ccc(-c4cnc5c(c4)C(C)(C)C(=O)N5C)cc3c21. The number of aromatic nitrogens is 6. The molecule has 1 aliphatic heterocycles. The van der Waals surface area contributed by atoms with Gasteiger partial charge in [0.15, 0.2) is 0 Å². The zero-order valence-corrected chi connectivity index (χ0v) is 20.5. The number of amides is 1. The monoisotopic (exact) mass is 467 g/mol. The van der Waals surface area contributed by atoms with Crippen LogP contribution in [-0.2, 0) is 24.3 Å². The van der Waals surface area contributed by atoms with Crippen LogP contribution in [0.5, 0.6) is 0 Å². The molecular formula is C26H25N7O2. The summed E-state index contributed by atoms with van der Waals surface area (Å²) < 4.78 is 5.03. The number of fused-ring (bicyclic) bond motifs is 4. The third-order valence-electron chi connectivity index (χ3n) is 7.14. The Balaban J connectivity index is 1.63. The molecule has 0 unspecified atom stereocenters. The van der Waals surface area contributed by atoms with E-state index >= 15 is 0 Å². The lowest BCUT2D eigenvalue weighted by atomic mass is 9.86. The molecule has 5 heterocycles. The standard InChI is InChI=1S/C26H25N7O2/c1-14-21(13-30(4)29-14)33-22-17-9-15(7-8-19(17)27-12-20(22)31(5)25(33)35)16-10-18-23(28-11-16)32(6)24(34)26(18,2)3/h7-13H,1-6H3. The lowest BCUT2D eigenvalue weighted by Crippen LogP contribution is -2.33. The topological polar surface area (TPSA) is 90.8 Å². The molecule has 9 nitrogen and oxygen atoms in total. The van der Waals surface area contributed by atoms with E-state index in [2.05, 4.69) is 15.1 Å². The first-order chi connectivity index (χ1) is 16.6. The van der Waals surface area contributed by atoms with Gasteiger partial charge >= 0.3 is 5.69 Å². The number of nitrogens with zero attached hydrogens (tertiary/aromatic N) is 7. The van der Waals surface area contributed by atoms with Crippen LogP contribution in [0.25, 0.3) is 38.8 Å². The maximum absolute atomic E-state index is 13.3. The molecule has 0 N–H and O–H groups in total. The fourth-order valence-corrected chi connectivity index (χ4v) is 5.18. The van der Waals surface area contributed by atoms with Gasteiger partial charge in [-0.1, -0.05) is 6.07 Å². The van der Waals surface area contributed by atoms with Crippen LogP contribution in [0, 0.1) is 6.92 Å². The molecule has 0 saturated heterocycles. The molecular weight excluding hydrogens is 442 g/mol. The van der Waals surface area contributed by atoms with Gasteiger partial charge in [0.2, 0.25) is 5.91 Å². The first kappa shape index (κ1) is 21.3. The lowest BCUT2D eigenvalue weighted by molar-refractivity contribution is -0.121. The van der Waals surface area contributed by atoms with E-state index < -0.39 is 5.41 Å². The Morgan fingerprint density at radius 1 is 0.943 bits per heavy atom. The number of carbonyl (C=O) groups is 1. The van der Waals surface area contributed by atoms with Crippen molar-refractivity contribution in [2.45, 2.75) is 26.2 Å². The van der Waals surface area contributed by atoms with Crippen LogP contribution in [0.3, 0.4) is 0 Å². The molecule has 0 spiro atoms. The van der Waals surface area contributed by atoms with Crippen molar-refractivity contribution in [2.24, 2.45) is 14.1 Å². The largest absolute Gasteiger partial charge is 0.333 e. The summed E-state index contributed by atoms with van der Waals surface area (Å²) in [7, 11) is 5.36. The van der Waals surface area contributed by atoms with Crippen molar-refractivity contribution in [3.63, 3.8) is 0 Å². The molecule has 35 heavy (non-hydrogen) atoms. The summed E-state index contributed by atoms with van der Waals surface area (Å²) in [5.74, 6) is 0.722. The highest BCUT2D eigenvalue weighted by Crippen LogP contribution is 2.41. The van der Waals surface area contributed by atoms with E-state index in [1.165, 1.54) is 0 Å². The second-order valence-electron chi connectivity index (χ2n) is 9.76. The number of benzene rings is 1. The molecule has 0 saturated carbocycles. The quantitative estimate of drug-likeness (QED) is 0.398. The Morgan fingerprint density at radius 3 is 2.43 bits per heavy atom. The number of hydrogen-bond donors (Lipinski definition) is 0. The average Bonchev–Trinajstić information content (AvgIpc) is 3.37. The van der Waals surface area contributed by atoms with Gasteiger partial charge in [0.05, 0.1) is 39.5 Å². The average molecular weight is 468 g/mol. The number of pyridine rings is 2. The van der Waals surface area contributed by atoms with Gasteiger partial charge in [-0.05, 0) is 44.5 Å². The highest BCUT2D eigenvalue weighted by atomic mass is 16.2. The normalized spacial score (nSPS) is 14.9. The molecule has 0 bridgehead atoms. The summed E-state index contributed by atoms with van der Waals surface area (Å²) in [6, 6.07) is 8.04. The molecule has 176 valence electrons. The van der Waals surface area contributed by atoms with Crippen LogP contribution in [-0.4, -0.2) is 41.8 Å². The summed E-state index contributed by atoms with van der Waals surface area (Å²) in [6.45, 7) is 5.75. The molecule has 9 heteroatoms. The second kappa shape index (κ2) is 6.88. The summed E-state index contributed by atoms with van der Waals surface area (Å²) in [4.78, 5) is 36.9. The summed E-state index contributed by atoms with van der Waals surface area (Å²) in [6.07, 6.45) is 5.39. The van der Waals surface area contributed by atoms with Gasteiger partial charge < -0.3 is 0 Å². The minimum Gasteiger partial charge on any atom is -0.299 e. The van der Waals surface area contributed by atoms with Crippen molar-refractivity contribution in [2.75, 3.05) is 11.9 Å². The van der Waals surface area contributed by atoms with Crippen molar-refractivity contribution >= 4 is 33.7 Å². The molecule has 1 aliphatic rings. The molecule has 6 rings (SSSR count). The minimum atomic E-state index is -0.642. The van der Waals surface area contributed by atoms with Crippen LogP contribution in [0.1, 0.15) is 25.1 Å². The fourth-order valence-electron chi connectivity index (χ4n) is 5.18. The maximum Gasteiger partial charge on any atom is 0.333 e. The van der Waals surface area contributed by atoms with Gasteiger partial charge in [-0.2, -0.15) is 5.10 Å². The summed E-state index contributed by atoms with van der Waals surface area (Å²) >= 11 is 0. The predicted molar refractivity (Wildman–Crippen MR) is 135 cm³/mol. The van der Waals surface area contributed by atoms with Crippen molar-refractivity contribution < 1.29 is 4.79 Å². The molecule has 0 radical (unpaired) electrons. The van der Waals surface area contributed by atoms with Crippen LogP contribution in [0.2, 0.25) is 0 Å². The Kier molecular flexibility index (Phi) is 4.18. The van der Waals surface area contributed by atoms with Crippen LogP contribution >= 0.6 is 0 Å². The number of imidazole rings is 1. The molecule has 1 amide bonds. The zero-order valence-electron chi connectivity index (χ0n) is 20.5. The number of carbonyl (C=O) groups excluding carboxylic acids is 1. The molecule has 4 aromatic heterocycles. The van der Waals surface area contributed by atoms with E-state index in [9.17, 15) is 9.59 Å². The van der Waals surface area contributed by atoms with Crippen LogP contribution in [0.15, 0.2) is 47.7 Å². The van der Waals surface area contributed by atoms with Crippen molar-refractivity contribution in [1.29, 1.82) is 0 Å². The highest BCUT2D eigenvalue weighted by molar-refractivity contribution is 6.07. The van der Waals surface area contributed by atoms with E-state index in [0.29, 0.717) is 5.82 Å². The second-order valence-corrected chi connectivity index (χ2v) is 9.76. The third-order valence-corrected chi connectivity index (χ3v) is 7.14. The van der Waals surface area contributed by atoms with E-state index in [-0.39, 0.29) is 11.6 Å². The number of aryl methyl sites for hydroxylation is 3. The Bertz CT molecular complexity index is 1770. The third kappa shape index (κ3) is 2.78. The van der Waals surface area contributed by atoms with Gasteiger partial charge in [-0.3, -0.25) is 28.5 Å². The highest BCUT2D eigenvalue weighted by Gasteiger charge is 2.43. The summed E-state index contributed by atoms with van der Waals surface area (Å²) in [5, 5.41) is 5.30. The fraction of sp³-hybridized carbons (Fsp3) is 0.269. The number of hydrogen-bond acceptors (Lipinski definition) is 5. The zero-order chi connectivity index (χ0) is 24.8. The smallest absolute Gasteiger partial charge is 0.299 e. The molecule has 0 fully saturated rings. The van der Waals surface area contributed by atoms with Crippen LogP contribution in [0.4, 0.5) is 5.82 Å². The van der Waals surface area contributed by atoms with E-state index in [1.807, 2.05) is 58.3 Å². The van der Waals surface area contributed by atoms with E-state index in [4.69, 9.17) is 0 Å². The minimum absolute atomic E-state index is 0.0294. The molecule has 0 aliphatic carbocycles. The number of anilines is 1. The van der Waals surface area contributed by atoms with Crippen molar-refractivity contribution in [3.8, 4) is 16.8 Å². The Labute approximate surface area is 201 Å². The lowest BCUT2D eigenvalue weighted by Gasteiger charge is -2.16.